The SMILES string of the molecule is C[C@@H]1CCC[C@H](C)N1C(=O)c1nn2c(c1Br)N[C@H](c1cccs1)C[C@@H]2C(F)(F)F. The number of thiophene rings is 1. The maximum absolute atomic E-state index is 13.9. The molecule has 0 saturated carbocycles. The van der Waals surface area contributed by atoms with Crippen LogP contribution in [0.15, 0.2) is 22.0 Å². The summed E-state index contributed by atoms with van der Waals surface area (Å²) in [6.45, 7) is 3.95. The van der Waals surface area contributed by atoms with Crippen molar-refractivity contribution in [3.05, 3.63) is 32.6 Å². The first-order valence-electron chi connectivity index (χ1n) is 9.65. The second-order valence-corrected chi connectivity index (χ2v) is 9.57. The molecule has 2 aliphatic heterocycles. The van der Waals surface area contributed by atoms with Crippen LogP contribution in [0, 0.1) is 0 Å². The number of nitrogens with one attached hydrogen (secondary N) is 1. The van der Waals surface area contributed by atoms with Gasteiger partial charge in [-0.05, 0) is 60.5 Å². The molecule has 0 unspecified atom stereocenters. The van der Waals surface area contributed by atoms with Crippen molar-refractivity contribution in [3.63, 3.8) is 0 Å². The van der Waals surface area contributed by atoms with E-state index in [2.05, 4.69) is 26.3 Å². The maximum atomic E-state index is 13.9. The zero-order valence-electron chi connectivity index (χ0n) is 16.0. The summed E-state index contributed by atoms with van der Waals surface area (Å²) in [7, 11) is 0. The van der Waals surface area contributed by atoms with Gasteiger partial charge in [0.2, 0.25) is 0 Å². The van der Waals surface area contributed by atoms with Crippen molar-refractivity contribution < 1.29 is 18.0 Å². The van der Waals surface area contributed by atoms with E-state index >= 15 is 0 Å². The standard InChI is InChI=1S/C19H22BrF3N4OS/c1-10-5-3-6-11(2)26(10)18(28)16-15(20)17-24-12(13-7-4-8-29-13)9-14(19(21,22)23)27(17)25-16/h4,7-8,10-12,14,24H,3,5-6,9H2,1-2H3/t10-,11+,12-,14+/m0/s1. The Balaban J connectivity index is 1.74. The summed E-state index contributed by atoms with van der Waals surface area (Å²) in [4.78, 5) is 15.8. The largest absolute Gasteiger partial charge is 0.410 e. The molecule has 4 rings (SSSR count). The number of fused-ring (bicyclic) bond motifs is 1. The van der Waals surface area contributed by atoms with Gasteiger partial charge in [0.15, 0.2) is 11.7 Å². The molecular formula is C19H22BrF3N4OS. The monoisotopic (exact) mass is 490 g/mol. The first-order chi connectivity index (χ1) is 13.7. The van der Waals surface area contributed by atoms with E-state index in [9.17, 15) is 18.0 Å². The molecule has 0 radical (unpaired) electrons. The number of nitrogens with zero attached hydrogens (tertiary/aromatic N) is 3. The van der Waals surface area contributed by atoms with Crippen LogP contribution in [0.3, 0.4) is 0 Å². The lowest BCUT2D eigenvalue weighted by Crippen LogP contribution is -2.47. The first-order valence-corrected chi connectivity index (χ1v) is 11.3. The number of likely N-dealkylation sites (tertiary alicyclic amines) is 1. The van der Waals surface area contributed by atoms with Gasteiger partial charge in [-0.25, -0.2) is 4.68 Å². The van der Waals surface area contributed by atoms with Crippen molar-refractivity contribution in [2.24, 2.45) is 0 Å². The third kappa shape index (κ3) is 3.69. The van der Waals surface area contributed by atoms with E-state index in [1.807, 2.05) is 31.4 Å². The quantitative estimate of drug-likeness (QED) is 0.581. The number of anilines is 1. The summed E-state index contributed by atoms with van der Waals surface area (Å²) in [6.07, 6.45) is -1.84. The number of alkyl halides is 3. The maximum Gasteiger partial charge on any atom is 0.410 e. The van der Waals surface area contributed by atoms with Gasteiger partial charge in [-0.1, -0.05) is 6.07 Å². The Bertz CT molecular complexity index is 888. The Labute approximate surface area is 179 Å². The first kappa shape index (κ1) is 20.7. The smallest absolute Gasteiger partial charge is 0.362 e. The van der Waals surface area contributed by atoms with E-state index in [-0.39, 0.29) is 35.9 Å². The fourth-order valence-corrected chi connectivity index (χ4v) is 5.68. The van der Waals surface area contributed by atoms with Gasteiger partial charge in [0.05, 0.1) is 10.5 Å². The number of halogens is 4. The molecule has 0 aliphatic carbocycles. The van der Waals surface area contributed by atoms with Crippen LogP contribution in [-0.2, 0) is 0 Å². The molecule has 1 amide bonds. The predicted octanol–water partition coefficient (Wildman–Crippen LogP) is 5.77. The van der Waals surface area contributed by atoms with Gasteiger partial charge >= 0.3 is 6.18 Å². The van der Waals surface area contributed by atoms with E-state index in [4.69, 9.17) is 0 Å². The number of amides is 1. The van der Waals surface area contributed by atoms with E-state index in [0.717, 1.165) is 28.8 Å². The molecule has 0 aromatic carbocycles. The lowest BCUT2D eigenvalue weighted by molar-refractivity contribution is -0.173. The average Bonchev–Trinajstić information content (AvgIpc) is 3.28. The van der Waals surface area contributed by atoms with Gasteiger partial charge in [0, 0.05) is 23.4 Å². The van der Waals surface area contributed by atoms with Crippen molar-refractivity contribution in [2.45, 2.75) is 69.9 Å². The number of piperidine rings is 1. The molecule has 5 nitrogen and oxygen atoms in total. The van der Waals surface area contributed by atoms with Crippen LogP contribution in [0.1, 0.15) is 67.0 Å². The second kappa shape index (κ2) is 7.61. The molecule has 2 aromatic heterocycles. The van der Waals surface area contributed by atoms with E-state index < -0.39 is 18.3 Å². The Hall–Kier alpha value is -1.55. The summed E-state index contributed by atoms with van der Waals surface area (Å²) in [5.74, 6) is -0.119. The van der Waals surface area contributed by atoms with Crippen molar-refractivity contribution in [1.82, 2.24) is 14.7 Å². The Kier molecular flexibility index (Phi) is 5.43. The molecule has 29 heavy (non-hydrogen) atoms. The number of carbonyl (C=O) groups is 1. The molecule has 158 valence electrons. The molecule has 0 bridgehead atoms. The normalized spacial score (nSPS) is 27.4. The summed E-state index contributed by atoms with van der Waals surface area (Å²) < 4.78 is 42.8. The lowest BCUT2D eigenvalue weighted by Gasteiger charge is -2.38. The number of hydrogen-bond acceptors (Lipinski definition) is 4. The van der Waals surface area contributed by atoms with Crippen LogP contribution >= 0.6 is 27.3 Å². The van der Waals surface area contributed by atoms with Crippen molar-refractivity contribution >= 4 is 39.0 Å². The van der Waals surface area contributed by atoms with E-state index in [1.165, 1.54) is 11.3 Å². The minimum Gasteiger partial charge on any atom is -0.362 e. The third-order valence-electron chi connectivity index (χ3n) is 5.81. The fourth-order valence-electron chi connectivity index (χ4n) is 4.35. The van der Waals surface area contributed by atoms with Crippen LogP contribution in [0.5, 0.6) is 0 Å². The van der Waals surface area contributed by atoms with Crippen LogP contribution in [0.25, 0.3) is 0 Å². The molecule has 1 fully saturated rings. The van der Waals surface area contributed by atoms with Crippen molar-refractivity contribution in [2.75, 3.05) is 5.32 Å². The molecule has 2 aliphatic rings. The van der Waals surface area contributed by atoms with Gasteiger partial charge in [-0.2, -0.15) is 18.3 Å². The molecule has 0 spiro atoms. The van der Waals surface area contributed by atoms with Crippen LogP contribution in [0.4, 0.5) is 19.0 Å². The minimum absolute atomic E-state index is 0.0297. The van der Waals surface area contributed by atoms with Gasteiger partial charge in [0.25, 0.3) is 5.91 Å². The second-order valence-electron chi connectivity index (χ2n) is 7.80. The van der Waals surface area contributed by atoms with Crippen LogP contribution < -0.4 is 5.32 Å². The van der Waals surface area contributed by atoms with Crippen molar-refractivity contribution in [1.29, 1.82) is 0 Å². The Morgan fingerprint density at radius 3 is 2.59 bits per heavy atom. The average molecular weight is 491 g/mol. The number of aromatic nitrogens is 2. The molecule has 1 N–H and O–H groups in total. The number of carbonyl (C=O) groups excluding carboxylic acids is 1. The summed E-state index contributed by atoms with van der Waals surface area (Å²) in [5, 5.41) is 9.16. The van der Waals surface area contributed by atoms with Gasteiger partial charge in [-0.3, -0.25) is 4.79 Å². The predicted molar refractivity (Wildman–Crippen MR) is 109 cm³/mol. The highest BCUT2D eigenvalue weighted by atomic mass is 79.9. The highest BCUT2D eigenvalue weighted by Crippen LogP contribution is 2.47. The van der Waals surface area contributed by atoms with Crippen LogP contribution in [-0.4, -0.2) is 38.8 Å². The van der Waals surface area contributed by atoms with Gasteiger partial charge in [-0.15, -0.1) is 11.3 Å². The highest BCUT2D eigenvalue weighted by Gasteiger charge is 2.48. The summed E-state index contributed by atoms with van der Waals surface area (Å²) in [5.41, 5.74) is 0.0363. The molecule has 4 atom stereocenters. The third-order valence-corrected chi connectivity index (χ3v) is 7.55. The minimum atomic E-state index is -4.47. The molecule has 2 aromatic rings. The molecule has 4 heterocycles. The number of hydrogen-bond donors (Lipinski definition) is 1. The zero-order valence-corrected chi connectivity index (χ0v) is 18.4. The molecule has 1 saturated heterocycles. The van der Waals surface area contributed by atoms with E-state index in [0.29, 0.717) is 4.47 Å². The van der Waals surface area contributed by atoms with E-state index in [1.54, 1.807) is 4.90 Å². The lowest BCUT2D eigenvalue weighted by atomic mass is 9.97. The molecular weight excluding hydrogens is 469 g/mol. The topological polar surface area (TPSA) is 50.2 Å². The Morgan fingerprint density at radius 1 is 1.31 bits per heavy atom. The summed E-state index contributed by atoms with van der Waals surface area (Å²) in [6, 6.07) is 1.42. The fraction of sp³-hybridized carbons (Fsp3) is 0.579. The Morgan fingerprint density at radius 2 is 2.00 bits per heavy atom. The highest BCUT2D eigenvalue weighted by molar-refractivity contribution is 9.10. The van der Waals surface area contributed by atoms with Gasteiger partial charge < -0.3 is 10.2 Å². The zero-order chi connectivity index (χ0) is 20.9. The molecule has 10 heteroatoms. The van der Waals surface area contributed by atoms with Crippen molar-refractivity contribution in [3.8, 4) is 0 Å². The summed E-state index contributed by atoms with van der Waals surface area (Å²) >= 11 is 4.78. The van der Waals surface area contributed by atoms with Crippen LogP contribution in [0.2, 0.25) is 0 Å². The number of rotatable bonds is 2. The van der Waals surface area contributed by atoms with Gasteiger partial charge in [0.1, 0.15) is 5.82 Å².